The fourth-order valence-corrected chi connectivity index (χ4v) is 2.61. The first-order valence-electron chi connectivity index (χ1n) is 7.15. The van der Waals surface area contributed by atoms with Crippen molar-refractivity contribution < 1.29 is 13.2 Å². The topological polar surface area (TPSA) is 12.9 Å². The average molecular weight is 313 g/mol. The van der Waals surface area contributed by atoms with Crippen molar-refractivity contribution in [2.45, 2.75) is 13.1 Å². The molecule has 0 aliphatic rings. The molecular weight excluding hydrogens is 299 g/mol. The van der Waals surface area contributed by atoms with Crippen LogP contribution in [0.4, 0.5) is 13.2 Å². The molecule has 0 spiro atoms. The summed E-state index contributed by atoms with van der Waals surface area (Å²) in [6.45, 7) is 1.88. The van der Waals surface area contributed by atoms with Gasteiger partial charge in [-0.25, -0.2) is 0 Å². The van der Waals surface area contributed by atoms with Crippen LogP contribution in [0.1, 0.15) is 11.1 Å². The van der Waals surface area contributed by atoms with Gasteiger partial charge < -0.3 is 0 Å². The Kier molecular flexibility index (Phi) is 3.90. The van der Waals surface area contributed by atoms with Crippen molar-refractivity contribution in [3.63, 3.8) is 0 Å². The van der Waals surface area contributed by atoms with Crippen LogP contribution in [0.15, 0.2) is 66.9 Å². The van der Waals surface area contributed by atoms with Gasteiger partial charge in [-0.15, -0.1) is 0 Å². The highest BCUT2D eigenvalue weighted by Gasteiger charge is 2.31. The number of nitrogens with zero attached hydrogens (tertiary/aromatic N) is 1. The van der Waals surface area contributed by atoms with Crippen molar-refractivity contribution in [1.82, 2.24) is 4.98 Å². The minimum Gasteiger partial charge on any atom is -0.256 e. The summed E-state index contributed by atoms with van der Waals surface area (Å²) in [6, 6.07) is 17.4. The molecule has 0 aliphatic heterocycles. The summed E-state index contributed by atoms with van der Waals surface area (Å²) in [4.78, 5) is 4.17. The van der Waals surface area contributed by atoms with E-state index in [2.05, 4.69) is 4.98 Å². The highest BCUT2D eigenvalue weighted by atomic mass is 19.4. The van der Waals surface area contributed by atoms with Crippen LogP contribution < -0.4 is 0 Å². The summed E-state index contributed by atoms with van der Waals surface area (Å²) in [5, 5.41) is 0. The van der Waals surface area contributed by atoms with Crippen LogP contribution in [0, 0.1) is 6.92 Å². The largest absolute Gasteiger partial charge is 0.416 e. The lowest BCUT2D eigenvalue weighted by molar-refractivity contribution is -0.137. The number of hydrogen-bond donors (Lipinski definition) is 0. The van der Waals surface area contributed by atoms with Crippen LogP contribution in [-0.4, -0.2) is 4.98 Å². The van der Waals surface area contributed by atoms with Gasteiger partial charge in [-0.05, 0) is 35.7 Å². The van der Waals surface area contributed by atoms with E-state index in [0.717, 1.165) is 34.4 Å². The summed E-state index contributed by atoms with van der Waals surface area (Å²) >= 11 is 0. The lowest BCUT2D eigenvalue weighted by Crippen LogP contribution is -2.05. The fourth-order valence-electron chi connectivity index (χ4n) is 2.61. The summed E-state index contributed by atoms with van der Waals surface area (Å²) < 4.78 is 38.9. The van der Waals surface area contributed by atoms with E-state index in [1.807, 2.05) is 55.5 Å². The van der Waals surface area contributed by atoms with Crippen molar-refractivity contribution in [2.24, 2.45) is 0 Å². The first-order chi connectivity index (χ1) is 11.0. The second-order valence-corrected chi connectivity index (χ2v) is 5.29. The Morgan fingerprint density at radius 2 is 1.61 bits per heavy atom. The van der Waals surface area contributed by atoms with Crippen LogP contribution >= 0.6 is 0 Å². The maximum absolute atomic E-state index is 13.0. The number of hydrogen-bond acceptors (Lipinski definition) is 1. The predicted octanol–water partition coefficient (Wildman–Crippen LogP) is 5.74. The molecule has 0 fully saturated rings. The summed E-state index contributed by atoms with van der Waals surface area (Å²) in [7, 11) is 0. The molecule has 0 saturated carbocycles. The highest BCUT2D eigenvalue weighted by molar-refractivity contribution is 5.84. The molecule has 1 heterocycles. The number of halogens is 3. The van der Waals surface area contributed by atoms with Crippen molar-refractivity contribution in [3.8, 4) is 22.4 Å². The van der Waals surface area contributed by atoms with Crippen LogP contribution in [0.3, 0.4) is 0 Å². The molecule has 0 saturated heterocycles. The summed E-state index contributed by atoms with van der Waals surface area (Å²) in [6.07, 6.45) is -3.17. The average Bonchev–Trinajstić information content (AvgIpc) is 2.55. The quantitative estimate of drug-likeness (QED) is 0.587. The Hall–Kier alpha value is -2.62. The molecular formula is C19H14F3N. The van der Waals surface area contributed by atoms with Gasteiger partial charge in [-0.1, -0.05) is 48.5 Å². The SMILES string of the molecule is Cc1cccc(-c2ccccc2)c1-c1cc(C(F)(F)F)ccn1. The molecule has 1 aromatic heterocycles. The fraction of sp³-hybridized carbons (Fsp3) is 0.105. The maximum Gasteiger partial charge on any atom is 0.416 e. The third kappa shape index (κ3) is 3.11. The zero-order chi connectivity index (χ0) is 16.4. The molecule has 0 atom stereocenters. The maximum atomic E-state index is 13.0. The zero-order valence-corrected chi connectivity index (χ0v) is 12.4. The van der Waals surface area contributed by atoms with Crippen LogP contribution in [0.25, 0.3) is 22.4 Å². The van der Waals surface area contributed by atoms with Crippen LogP contribution in [0.5, 0.6) is 0 Å². The smallest absolute Gasteiger partial charge is 0.256 e. The summed E-state index contributed by atoms with van der Waals surface area (Å²) in [5.74, 6) is 0. The Balaban J connectivity index is 2.21. The predicted molar refractivity (Wildman–Crippen MR) is 84.8 cm³/mol. The second-order valence-electron chi connectivity index (χ2n) is 5.29. The van der Waals surface area contributed by atoms with Gasteiger partial charge in [0.05, 0.1) is 11.3 Å². The van der Waals surface area contributed by atoms with Crippen molar-refractivity contribution in [2.75, 3.05) is 0 Å². The van der Waals surface area contributed by atoms with E-state index >= 15 is 0 Å². The standard InChI is InChI=1S/C19H14F3N/c1-13-6-5-9-16(14-7-3-2-4-8-14)18(13)17-12-15(10-11-23-17)19(20,21)22/h2-12H,1H3. The van der Waals surface area contributed by atoms with Gasteiger partial charge in [-0.2, -0.15) is 13.2 Å². The molecule has 0 aliphatic carbocycles. The van der Waals surface area contributed by atoms with Crippen LogP contribution in [-0.2, 0) is 6.18 Å². The Bertz CT molecular complexity index is 824. The third-order valence-corrected chi connectivity index (χ3v) is 3.70. The molecule has 0 bridgehead atoms. The van der Waals surface area contributed by atoms with Gasteiger partial charge in [0.1, 0.15) is 0 Å². The van der Waals surface area contributed by atoms with E-state index < -0.39 is 11.7 Å². The van der Waals surface area contributed by atoms with E-state index in [1.165, 1.54) is 6.20 Å². The monoisotopic (exact) mass is 313 g/mol. The number of aryl methyl sites for hydroxylation is 1. The normalized spacial score (nSPS) is 11.5. The molecule has 23 heavy (non-hydrogen) atoms. The molecule has 0 unspecified atom stereocenters. The van der Waals surface area contributed by atoms with Gasteiger partial charge in [0.25, 0.3) is 0 Å². The molecule has 0 N–H and O–H groups in total. The molecule has 0 radical (unpaired) electrons. The number of pyridine rings is 1. The van der Waals surface area contributed by atoms with E-state index in [1.54, 1.807) is 0 Å². The van der Waals surface area contributed by atoms with E-state index in [4.69, 9.17) is 0 Å². The van der Waals surface area contributed by atoms with Crippen LogP contribution in [0.2, 0.25) is 0 Å². The lowest BCUT2D eigenvalue weighted by Gasteiger charge is -2.14. The van der Waals surface area contributed by atoms with E-state index in [0.29, 0.717) is 5.69 Å². The number of rotatable bonds is 2. The minimum absolute atomic E-state index is 0.330. The van der Waals surface area contributed by atoms with Gasteiger partial charge in [-0.3, -0.25) is 4.98 Å². The van der Waals surface area contributed by atoms with Gasteiger partial charge >= 0.3 is 6.18 Å². The van der Waals surface area contributed by atoms with Crippen molar-refractivity contribution >= 4 is 0 Å². The Labute approximate surface area is 132 Å². The molecule has 116 valence electrons. The number of aromatic nitrogens is 1. The molecule has 1 nitrogen and oxygen atoms in total. The van der Waals surface area contributed by atoms with E-state index in [9.17, 15) is 13.2 Å². The first-order valence-corrected chi connectivity index (χ1v) is 7.15. The zero-order valence-electron chi connectivity index (χ0n) is 12.4. The van der Waals surface area contributed by atoms with Gasteiger partial charge in [0.15, 0.2) is 0 Å². The first kappa shape index (κ1) is 15.3. The molecule has 2 aromatic carbocycles. The third-order valence-electron chi connectivity index (χ3n) is 3.70. The van der Waals surface area contributed by atoms with Crippen molar-refractivity contribution in [1.29, 1.82) is 0 Å². The molecule has 3 aromatic rings. The highest BCUT2D eigenvalue weighted by Crippen LogP contribution is 2.36. The summed E-state index contributed by atoms with van der Waals surface area (Å²) in [5.41, 5.74) is 3.08. The van der Waals surface area contributed by atoms with E-state index in [-0.39, 0.29) is 0 Å². The molecule has 3 rings (SSSR count). The number of alkyl halides is 3. The minimum atomic E-state index is -4.38. The lowest BCUT2D eigenvalue weighted by atomic mass is 9.93. The molecule has 0 amide bonds. The van der Waals surface area contributed by atoms with Crippen molar-refractivity contribution in [3.05, 3.63) is 78.0 Å². The molecule has 4 heteroatoms. The van der Waals surface area contributed by atoms with Gasteiger partial charge in [0.2, 0.25) is 0 Å². The second kappa shape index (κ2) is 5.88. The Morgan fingerprint density at radius 3 is 2.30 bits per heavy atom. The van der Waals surface area contributed by atoms with Gasteiger partial charge in [0, 0.05) is 11.8 Å². The number of benzene rings is 2. The Morgan fingerprint density at radius 1 is 0.870 bits per heavy atom.